The van der Waals surface area contributed by atoms with Gasteiger partial charge in [-0.1, -0.05) is 23.7 Å². The third-order valence-corrected chi connectivity index (χ3v) is 1.61. The Morgan fingerprint density at radius 2 is 2.23 bits per heavy atom. The van der Waals surface area contributed by atoms with Crippen LogP contribution in [0.4, 0.5) is 0 Å². The number of rotatable bonds is 1. The van der Waals surface area contributed by atoms with Gasteiger partial charge in [0.15, 0.2) is 0 Å². The van der Waals surface area contributed by atoms with Gasteiger partial charge in [0.2, 0.25) is 0 Å². The van der Waals surface area contributed by atoms with E-state index in [0.29, 0.717) is 16.8 Å². The maximum Gasteiger partial charge on any atom is 1.00 e. The molecule has 0 N–H and O–H groups in total. The summed E-state index contributed by atoms with van der Waals surface area (Å²) in [6.45, 7) is 0. The van der Waals surface area contributed by atoms with Crippen LogP contribution in [0, 0.1) is 11.3 Å². The number of halogens is 1. The van der Waals surface area contributed by atoms with Crippen molar-refractivity contribution >= 4 is 17.2 Å². The molecule has 0 amide bonds. The molecule has 1 rings (SSSR count). The van der Waals surface area contributed by atoms with Gasteiger partial charge in [0.1, 0.15) is 0 Å². The Labute approximate surface area is 104 Å². The Bertz CT molecular complexity index is 357. The van der Waals surface area contributed by atoms with Gasteiger partial charge in [0, 0.05) is 10.6 Å². The van der Waals surface area contributed by atoms with Gasteiger partial charge in [0.25, 0.3) is 0 Å². The molecule has 0 bridgehead atoms. The minimum Gasteiger partial charge on any atom is -0.877 e. The van der Waals surface area contributed by atoms with Crippen molar-refractivity contribution in [3.8, 4) is 6.07 Å². The standard InChI is InChI=1S/C9H6ClNO.Na/c10-9-3-1-2-7(4-9)8(5-11)6-12;/h1-4,6,12H;/q;+1/p-1. The molecular weight excluding hydrogens is 197 g/mol. The van der Waals surface area contributed by atoms with Crippen molar-refractivity contribution < 1.29 is 34.7 Å². The van der Waals surface area contributed by atoms with E-state index in [1.807, 2.05) is 0 Å². The van der Waals surface area contributed by atoms with Gasteiger partial charge in [0.05, 0.1) is 6.07 Å². The summed E-state index contributed by atoms with van der Waals surface area (Å²) in [5, 5.41) is 19.4. The molecule has 4 heteroatoms. The number of nitrogens with zero attached hydrogens (tertiary/aromatic N) is 1. The maximum atomic E-state index is 10.3. The van der Waals surface area contributed by atoms with E-state index in [9.17, 15) is 5.11 Å². The largest absolute Gasteiger partial charge is 1.00 e. The Morgan fingerprint density at radius 3 is 2.69 bits per heavy atom. The molecule has 2 nitrogen and oxygen atoms in total. The van der Waals surface area contributed by atoms with E-state index in [1.54, 1.807) is 30.3 Å². The Hall–Kier alpha value is -0.460. The smallest absolute Gasteiger partial charge is 0.877 e. The first-order valence-electron chi connectivity index (χ1n) is 3.26. The Balaban J connectivity index is 0.00000144. The van der Waals surface area contributed by atoms with Crippen LogP contribution in [0.1, 0.15) is 5.56 Å². The van der Waals surface area contributed by atoms with E-state index < -0.39 is 0 Å². The van der Waals surface area contributed by atoms with Crippen LogP contribution >= 0.6 is 11.6 Å². The predicted octanol–water partition coefficient (Wildman–Crippen LogP) is -1.43. The minimum absolute atomic E-state index is 0. The molecule has 1 aromatic rings. The average Bonchev–Trinajstić information content (AvgIpc) is 2.07. The summed E-state index contributed by atoms with van der Waals surface area (Å²) in [4.78, 5) is 0. The summed E-state index contributed by atoms with van der Waals surface area (Å²) >= 11 is 5.66. The molecule has 0 aromatic heterocycles. The van der Waals surface area contributed by atoms with Gasteiger partial charge in [-0.2, -0.15) is 5.26 Å². The number of benzene rings is 1. The van der Waals surface area contributed by atoms with E-state index in [2.05, 4.69) is 0 Å². The molecule has 0 aliphatic heterocycles. The van der Waals surface area contributed by atoms with Gasteiger partial charge in [-0.05, 0) is 17.7 Å². The number of nitriles is 1. The quantitative estimate of drug-likeness (QED) is 0.318. The van der Waals surface area contributed by atoms with Crippen molar-refractivity contribution in [3.05, 3.63) is 41.1 Å². The van der Waals surface area contributed by atoms with Gasteiger partial charge in [-0.15, -0.1) is 6.26 Å². The van der Waals surface area contributed by atoms with Crippen molar-refractivity contribution in [1.82, 2.24) is 0 Å². The first-order chi connectivity index (χ1) is 5.77. The van der Waals surface area contributed by atoms with E-state index in [0.717, 1.165) is 0 Å². The van der Waals surface area contributed by atoms with Gasteiger partial charge < -0.3 is 5.11 Å². The maximum absolute atomic E-state index is 10.3. The van der Waals surface area contributed by atoms with Crippen molar-refractivity contribution in [3.63, 3.8) is 0 Å². The summed E-state index contributed by atoms with van der Waals surface area (Å²) in [6.07, 6.45) is 0.520. The zero-order chi connectivity index (χ0) is 8.97. The summed E-state index contributed by atoms with van der Waals surface area (Å²) in [6, 6.07) is 8.41. The van der Waals surface area contributed by atoms with Crippen molar-refractivity contribution in [1.29, 1.82) is 5.26 Å². The molecule has 0 spiro atoms. The third kappa shape index (κ3) is 3.41. The van der Waals surface area contributed by atoms with Crippen LogP contribution in [-0.2, 0) is 0 Å². The number of hydrogen-bond donors (Lipinski definition) is 0. The monoisotopic (exact) mass is 201 g/mol. The molecule has 0 heterocycles. The molecule has 1 aromatic carbocycles. The second kappa shape index (κ2) is 6.06. The SMILES string of the molecule is N#CC(=C[O-])c1cccc(Cl)c1.[Na+]. The zero-order valence-electron chi connectivity index (χ0n) is 7.12. The number of hydrogen-bond acceptors (Lipinski definition) is 2. The van der Waals surface area contributed by atoms with E-state index in [1.165, 1.54) is 0 Å². The van der Waals surface area contributed by atoms with Crippen LogP contribution in [0.3, 0.4) is 0 Å². The first-order valence-corrected chi connectivity index (χ1v) is 3.64. The summed E-state index contributed by atoms with van der Waals surface area (Å²) in [7, 11) is 0. The molecule has 0 aliphatic rings. The van der Waals surface area contributed by atoms with E-state index in [-0.39, 0.29) is 35.1 Å². The normalized spacial score (nSPS) is 10.0. The second-order valence-corrected chi connectivity index (χ2v) is 2.59. The van der Waals surface area contributed by atoms with Crippen LogP contribution in [0.5, 0.6) is 0 Å². The molecule has 0 saturated heterocycles. The van der Waals surface area contributed by atoms with Crippen molar-refractivity contribution in [2.45, 2.75) is 0 Å². The van der Waals surface area contributed by atoms with Crippen LogP contribution in [-0.4, -0.2) is 0 Å². The fourth-order valence-electron chi connectivity index (χ4n) is 0.815. The van der Waals surface area contributed by atoms with E-state index >= 15 is 0 Å². The topological polar surface area (TPSA) is 46.8 Å². The van der Waals surface area contributed by atoms with Crippen LogP contribution in [0.2, 0.25) is 5.02 Å². The fraction of sp³-hybridized carbons (Fsp3) is 0. The van der Waals surface area contributed by atoms with Crippen LogP contribution in [0.25, 0.3) is 5.57 Å². The minimum atomic E-state index is 0. The zero-order valence-corrected chi connectivity index (χ0v) is 9.88. The molecule has 0 atom stereocenters. The summed E-state index contributed by atoms with van der Waals surface area (Å²) < 4.78 is 0. The van der Waals surface area contributed by atoms with Gasteiger partial charge in [-0.3, -0.25) is 0 Å². The molecule has 0 unspecified atom stereocenters. The summed E-state index contributed by atoms with van der Waals surface area (Å²) in [5.74, 6) is 0. The van der Waals surface area contributed by atoms with Crippen LogP contribution < -0.4 is 34.7 Å². The van der Waals surface area contributed by atoms with Crippen LogP contribution in [0.15, 0.2) is 30.5 Å². The molecule has 60 valence electrons. The molecule has 0 radical (unpaired) electrons. The van der Waals surface area contributed by atoms with Crippen molar-refractivity contribution in [2.75, 3.05) is 0 Å². The summed E-state index contributed by atoms with van der Waals surface area (Å²) in [5.41, 5.74) is 0.650. The fourth-order valence-corrected chi connectivity index (χ4v) is 1.01. The Kier molecular flexibility index (Phi) is 5.85. The van der Waals surface area contributed by atoms with E-state index in [4.69, 9.17) is 16.9 Å². The molecule has 0 aliphatic carbocycles. The first kappa shape index (κ1) is 12.5. The number of allylic oxidation sites excluding steroid dienone is 1. The average molecular weight is 202 g/mol. The van der Waals surface area contributed by atoms with Crippen molar-refractivity contribution in [2.24, 2.45) is 0 Å². The molecular formula is C9H5ClNNaO. The van der Waals surface area contributed by atoms with Gasteiger partial charge in [-0.25, -0.2) is 0 Å². The molecule has 13 heavy (non-hydrogen) atoms. The predicted molar refractivity (Wildman–Crippen MR) is 45.0 cm³/mol. The van der Waals surface area contributed by atoms with Gasteiger partial charge >= 0.3 is 29.6 Å². The second-order valence-electron chi connectivity index (χ2n) is 2.15. The molecule has 0 fully saturated rings. The molecule has 0 saturated carbocycles. The third-order valence-electron chi connectivity index (χ3n) is 1.37. The Morgan fingerprint density at radius 1 is 1.54 bits per heavy atom.